The van der Waals surface area contributed by atoms with Crippen molar-refractivity contribution in [2.75, 3.05) is 16.7 Å². The minimum Gasteiger partial charge on any atom is -0.322 e. The first kappa shape index (κ1) is 20.3. The molecule has 1 amide bonds. The van der Waals surface area contributed by atoms with Gasteiger partial charge in [0, 0.05) is 23.9 Å². The van der Waals surface area contributed by atoms with E-state index in [0.717, 1.165) is 0 Å². The van der Waals surface area contributed by atoms with E-state index >= 15 is 0 Å². The zero-order chi connectivity index (χ0) is 21.0. The Hall–Kier alpha value is -3.45. The van der Waals surface area contributed by atoms with Crippen LogP contribution in [0.3, 0.4) is 0 Å². The average Bonchev–Trinajstić information content (AvgIpc) is 2.74. The van der Waals surface area contributed by atoms with Gasteiger partial charge in [0.25, 0.3) is 15.9 Å². The van der Waals surface area contributed by atoms with Crippen LogP contribution >= 0.6 is 0 Å². The monoisotopic (exact) mass is 408 g/mol. The Bertz CT molecular complexity index is 1140. The van der Waals surface area contributed by atoms with E-state index in [-0.39, 0.29) is 16.2 Å². The highest BCUT2D eigenvalue weighted by molar-refractivity contribution is 7.92. The highest BCUT2D eigenvalue weighted by Gasteiger charge is 2.22. The lowest BCUT2D eigenvalue weighted by Crippen LogP contribution is -2.26. The number of hydrogen-bond donors (Lipinski definition) is 1. The molecule has 0 aliphatic rings. The van der Waals surface area contributed by atoms with Crippen molar-refractivity contribution in [2.24, 2.45) is 0 Å². The van der Waals surface area contributed by atoms with Crippen molar-refractivity contribution < 1.29 is 18.0 Å². The topological polar surface area (TPSA) is 83.5 Å². The van der Waals surface area contributed by atoms with Crippen molar-refractivity contribution in [3.05, 3.63) is 90.0 Å². The maximum absolute atomic E-state index is 12.9. The van der Waals surface area contributed by atoms with E-state index in [1.807, 2.05) is 0 Å². The molecule has 29 heavy (non-hydrogen) atoms. The lowest BCUT2D eigenvalue weighted by Gasteiger charge is -2.19. The normalized spacial score (nSPS) is 11.0. The van der Waals surface area contributed by atoms with Gasteiger partial charge in [0.2, 0.25) is 0 Å². The number of benzene rings is 3. The van der Waals surface area contributed by atoms with Gasteiger partial charge in [-0.05, 0) is 61.5 Å². The summed E-state index contributed by atoms with van der Waals surface area (Å²) in [7, 11) is -2.35. The highest BCUT2D eigenvalue weighted by atomic mass is 32.2. The second-order valence-corrected chi connectivity index (χ2v) is 8.39. The molecule has 0 atom stereocenters. The lowest BCUT2D eigenvalue weighted by atomic mass is 10.1. The third-order valence-corrected chi connectivity index (χ3v) is 6.21. The van der Waals surface area contributed by atoms with E-state index in [4.69, 9.17) is 0 Å². The number of carbonyl (C=O) groups is 2. The van der Waals surface area contributed by atoms with Gasteiger partial charge in [-0.3, -0.25) is 13.9 Å². The molecule has 0 unspecified atom stereocenters. The summed E-state index contributed by atoms with van der Waals surface area (Å²) in [5, 5.41) is 2.71. The molecule has 0 fully saturated rings. The summed E-state index contributed by atoms with van der Waals surface area (Å²) in [5.41, 5.74) is 1.78. The van der Waals surface area contributed by atoms with E-state index < -0.39 is 15.9 Å². The Balaban J connectivity index is 1.83. The molecule has 0 radical (unpaired) electrons. The maximum atomic E-state index is 12.9. The molecule has 3 rings (SSSR count). The van der Waals surface area contributed by atoms with Crippen LogP contribution in [0.15, 0.2) is 83.8 Å². The first-order chi connectivity index (χ1) is 13.8. The summed E-state index contributed by atoms with van der Waals surface area (Å²) in [6, 6.07) is 21.0. The number of para-hydroxylation sites is 1. The number of nitrogens with zero attached hydrogens (tertiary/aromatic N) is 1. The number of nitrogens with one attached hydrogen (secondary N) is 1. The minimum atomic E-state index is -3.82. The summed E-state index contributed by atoms with van der Waals surface area (Å²) in [4.78, 5) is 23.9. The molecule has 148 valence electrons. The molecular formula is C22H20N2O4S. The van der Waals surface area contributed by atoms with Crippen molar-refractivity contribution >= 4 is 33.1 Å². The van der Waals surface area contributed by atoms with Crippen molar-refractivity contribution in [1.29, 1.82) is 0 Å². The molecule has 3 aromatic carbocycles. The van der Waals surface area contributed by atoms with Crippen LogP contribution in [0.25, 0.3) is 0 Å². The molecule has 0 spiro atoms. The van der Waals surface area contributed by atoms with Crippen LogP contribution in [0.1, 0.15) is 27.6 Å². The van der Waals surface area contributed by atoms with Gasteiger partial charge in [0.05, 0.1) is 10.6 Å². The fourth-order valence-corrected chi connectivity index (χ4v) is 3.97. The van der Waals surface area contributed by atoms with Gasteiger partial charge in [0.1, 0.15) is 0 Å². The zero-order valence-corrected chi connectivity index (χ0v) is 16.8. The zero-order valence-electron chi connectivity index (χ0n) is 16.0. The molecule has 1 N–H and O–H groups in total. The quantitative estimate of drug-likeness (QED) is 0.626. The van der Waals surface area contributed by atoms with Gasteiger partial charge in [-0.2, -0.15) is 0 Å². The van der Waals surface area contributed by atoms with Gasteiger partial charge in [-0.25, -0.2) is 8.42 Å². The predicted molar refractivity (Wildman–Crippen MR) is 113 cm³/mol. The van der Waals surface area contributed by atoms with Gasteiger partial charge >= 0.3 is 0 Å². The van der Waals surface area contributed by atoms with E-state index in [0.29, 0.717) is 16.9 Å². The van der Waals surface area contributed by atoms with Crippen LogP contribution in [0.2, 0.25) is 0 Å². The summed E-state index contributed by atoms with van der Waals surface area (Å²) >= 11 is 0. The van der Waals surface area contributed by atoms with Gasteiger partial charge in [-0.1, -0.05) is 24.3 Å². The van der Waals surface area contributed by atoms with Crippen molar-refractivity contribution in [3.63, 3.8) is 0 Å². The lowest BCUT2D eigenvalue weighted by molar-refractivity contribution is 0.101. The molecule has 3 aromatic rings. The number of rotatable bonds is 6. The number of hydrogen-bond acceptors (Lipinski definition) is 4. The van der Waals surface area contributed by atoms with Gasteiger partial charge < -0.3 is 5.32 Å². The van der Waals surface area contributed by atoms with Crippen LogP contribution in [0.5, 0.6) is 0 Å². The molecule has 0 saturated heterocycles. The first-order valence-electron chi connectivity index (χ1n) is 8.85. The number of amides is 1. The average molecular weight is 408 g/mol. The predicted octanol–water partition coefficient (Wildman–Crippen LogP) is 3.97. The Morgan fingerprint density at radius 2 is 1.48 bits per heavy atom. The van der Waals surface area contributed by atoms with E-state index in [1.54, 1.807) is 60.7 Å². The molecule has 0 aromatic heterocycles. The third-order valence-electron chi connectivity index (χ3n) is 4.42. The molecule has 7 heteroatoms. The van der Waals surface area contributed by atoms with Crippen LogP contribution in [-0.4, -0.2) is 27.2 Å². The van der Waals surface area contributed by atoms with Crippen LogP contribution < -0.4 is 9.62 Å². The molecule has 0 aliphatic heterocycles. The SMILES string of the molecule is CC(=O)c1ccc(NC(=O)c2cccc(S(=O)(=O)N(C)c3ccccc3)c2)cc1. The largest absolute Gasteiger partial charge is 0.322 e. The van der Waals surface area contributed by atoms with Crippen molar-refractivity contribution in [2.45, 2.75) is 11.8 Å². The Morgan fingerprint density at radius 1 is 0.828 bits per heavy atom. The van der Waals surface area contributed by atoms with Gasteiger partial charge in [-0.15, -0.1) is 0 Å². The number of Topliss-reactive ketones (excluding diaryl/α,β-unsaturated/α-hetero) is 1. The number of carbonyl (C=O) groups excluding carboxylic acids is 2. The minimum absolute atomic E-state index is 0.0171. The summed E-state index contributed by atoms with van der Waals surface area (Å²) in [6.07, 6.45) is 0. The second-order valence-electron chi connectivity index (χ2n) is 6.42. The molecule has 0 saturated carbocycles. The summed E-state index contributed by atoms with van der Waals surface area (Å²) < 4.78 is 27.0. The van der Waals surface area contributed by atoms with E-state index in [2.05, 4.69) is 5.32 Å². The van der Waals surface area contributed by atoms with Crippen LogP contribution in [-0.2, 0) is 10.0 Å². The third kappa shape index (κ3) is 4.52. The fourth-order valence-electron chi connectivity index (χ4n) is 2.72. The number of sulfonamides is 1. The smallest absolute Gasteiger partial charge is 0.264 e. The Morgan fingerprint density at radius 3 is 2.10 bits per heavy atom. The Labute approximate surface area is 169 Å². The standard InChI is InChI=1S/C22H20N2O4S/c1-16(25)17-11-13-19(14-12-17)23-22(26)18-7-6-10-21(15-18)29(27,28)24(2)20-8-4-3-5-9-20/h3-15H,1-2H3,(H,23,26). The van der Waals surface area contributed by atoms with Crippen LogP contribution in [0.4, 0.5) is 11.4 Å². The summed E-state index contributed by atoms with van der Waals surface area (Å²) in [6.45, 7) is 1.46. The second kappa shape index (κ2) is 8.28. The Kier molecular flexibility index (Phi) is 5.79. The highest BCUT2D eigenvalue weighted by Crippen LogP contribution is 2.22. The molecule has 0 aliphatic carbocycles. The maximum Gasteiger partial charge on any atom is 0.264 e. The molecular weight excluding hydrogens is 388 g/mol. The summed E-state index contributed by atoms with van der Waals surface area (Å²) in [5.74, 6) is -0.511. The molecule has 6 nitrogen and oxygen atoms in total. The van der Waals surface area contributed by atoms with E-state index in [9.17, 15) is 18.0 Å². The first-order valence-corrected chi connectivity index (χ1v) is 10.3. The van der Waals surface area contributed by atoms with Crippen molar-refractivity contribution in [3.8, 4) is 0 Å². The molecule has 0 heterocycles. The van der Waals surface area contributed by atoms with Gasteiger partial charge in [0.15, 0.2) is 5.78 Å². The van der Waals surface area contributed by atoms with E-state index in [1.165, 1.54) is 36.5 Å². The van der Waals surface area contributed by atoms with Crippen LogP contribution in [0, 0.1) is 0 Å². The fraction of sp³-hybridized carbons (Fsp3) is 0.0909. The van der Waals surface area contributed by atoms with Crippen molar-refractivity contribution in [1.82, 2.24) is 0 Å². The molecule has 0 bridgehead atoms. The number of anilines is 2. The number of ketones is 1.